The van der Waals surface area contributed by atoms with E-state index in [0.717, 1.165) is 24.2 Å². The smallest absolute Gasteiger partial charge is 0.387 e. The zero-order valence-electron chi connectivity index (χ0n) is 17.0. The van der Waals surface area contributed by atoms with E-state index in [1.165, 1.54) is 12.1 Å². The van der Waals surface area contributed by atoms with Crippen molar-refractivity contribution in [1.29, 1.82) is 0 Å². The second-order valence-corrected chi connectivity index (χ2v) is 6.81. The van der Waals surface area contributed by atoms with Crippen molar-refractivity contribution in [2.45, 2.75) is 32.4 Å². The molecule has 160 valence electrons. The predicted octanol–water partition coefficient (Wildman–Crippen LogP) is 5.07. The minimum atomic E-state index is -2.93. The minimum absolute atomic E-state index is 0.0221. The predicted molar refractivity (Wildman–Crippen MR) is 110 cm³/mol. The summed E-state index contributed by atoms with van der Waals surface area (Å²) in [6, 6.07) is 12.4. The normalized spacial score (nSPS) is 16.3. The molecule has 1 atom stereocenters. The van der Waals surface area contributed by atoms with Crippen molar-refractivity contribution >= 4 is 12.0 Å². The van der Waals surface area contributed by atoms with E-state index < -0.39 is 6.61 Å². The van der Waals surface area contributed by atoms with Gasteiger partial charge in [0.15, 0.2) is 11.5 Å². The second-order valence-electron chi connectivity index (χ2n) is 6.81. The number of amides is 1. The van der Waals surface area contributed by atoms with E-state index in [1.807, 2.05) is 29.2 Å². The number of carbonyl (C=O) groups excluding carboxylic acids is 1. The van der Waals surface area contributed by atoms with Gasteiger partial charge >= 0.3 is 6.61 Å². The Hall–Kier alpha value is -3.09. The molecule has 0 saturated carbocycles. The molecule has 30 heavy (non-hydrogen) atoms. The molecule has 0 bridgehead atoms. The van der Waals surface area contributed by atoms with Gasteiger partial charge in [0.05, 0.1) is 19.8 Å². The fourth-order valence-corrected chi connectivity index (χ4v) is 3.56. The highest BCUT2D eigenvalue weighted by Crippen LogP contribution is 2.33. The van der Waals surface area contributed by atoms with Crippen molar-refractivity contribution < 1.29 is 27.8 Å². The first-order valence-corrected chi connectivity index (χ1v) is 9.86. The molecule has 1 aliphatic heterocycles. The highest BCUT2D eigenvalue weighted by molar-refractivity contribution is 5.92. The summed E-state index contributed by atoms with van der Waals surface area (Å²) in [5, 5.41) is 0. The van der Waals surface area contributed by atoms with Gasteiger partial charge in [-0.3, -0.25) is 4.79 Å². The maximum absolute atomic E-state index is 12.8. The summed E-state index contributed by atoms with van der Waals surface area (Å²) in [6.07, 6.45) is 4.99. The molecule has 0 aromatic heterocycles. The van der Waals surface area contributed by atoms with Crippen LogP contribution in [-0.4, -0.2) is 37.7 Å². The average Bonchev–Trinajstić information content (AvgIpc) is 3.23. The number of carbonyl (C=O) groups is 1. The lowest BCUT2D eigenvalue weighted by atomic mass is 10.0. The molecule has 1 aliphatic rings. The fraction of sp³-hybridized carbons (Fsp3) is 0.348. The Kier molecular flexibility index (Phi) is 7.27. The Balaban J connectivity index is 1.73. The van der Waals surface area contributed by atoms with Crippen LogP contribution in [0.25, 0.3) is 6.08 Å². The second kappa shape index (κ2) is 10.1. The average molecular weight is 417 g/mol. The molecule has 1 heterocycles. The van der Waals surface area contributed by atoms with Crippen LogP contribution >= 0.6 is 0 Å². The molecular formula is C23H25F2NO4. The molecule has 5 nitrogen and oxygen atoms in total. The van der Waals surface area contributed by atoms with Crippen molar-refractivity contribution in [3.63, 3.8) is 0 Å². The molecule has 2 aromatic carbocycles. The summed E-state index contributed by atoms with van der Waals surface area (Å²) in [6.45, 7) is -0.184. The van der Waals surface area contributed by atoms with Gasteiger partial charge in [-0.2, -0.15) is 8.78 Å². The summed E-state index contributed by atoms with van der Waals surface area (Å²) in [4.78, 5) is 14.7. The third kappa shape index (κ3) is 5.28. The zero-order valence-corrected chi connectivity index (χ0v) is 17.0. The molecule has 7 heteroatoms. The first-order chi connectivity index (χ1) is 14.5. The fourth-order valence-electron chi connectivity index (χ4n) is 3.56. The van der Waals surface area contributed by atoms with Crippen molar-refractivity contribution in [3.8, 4) is 17.2 Å². The number of hydrogen-bond acceptors (Lipinski definition) is 4. The molecule has 0 radical (unpaired) electrons. The van der Waals surface area contributed by atoms with Crippen LogP contribution < -0.4 is 14.2 Å². The quantitative estimate of drug-likeness (QED) is 0.563. The van der Waals surface area contributed by atoms with Gasteiger partial charge < -0.3 is 19.1 Å². The minimum Gasteiger partial charge on any atom is -0.497 e. The number of likely N-dealkylation sites (tertiary alicyclic amines) is 1. The van der Waals surface area contributed by atoms with Crippen LogP contribution in [0.5, 0.6) is 17.2 Å². The maximum Gasteiger partial charge on any atom is 0.387 e. The lowest BCUT2D eigenvalue weighted by Gasteiger charge is -2.24. The Morgan fingerprint density at radius 1 is 1.20 bits per heavy atom. The van der Waals surface area contributed by atoms with Crippen molar-refractivity contribution in [2.75, 3.05) is 20.3 Å². The topological polar surface area (TPSA) is 48.0 Å². The SMILES string of the molecule is CCOc1cc(C=CC(=O)N2CCCC2c2ccc(OC)cc2)ccc1OC(F)F. The van der Waals surface area contributed by atoms with Crippen LogP contribution in [0.1, 0.15) is 36.9 Å². The summed E-state index contributed by atoms with van der Waals surface area (Å²) in [5.41, 5.74) is 1.73. The van der Waals surface area contributed by atoms with Crippen LogP contribution in [-0.2, 0) is 4.79 Å². The molecule has 0 spiro atoms. The number of alkyl halides is 2. The van der Waals surface area contributed by atoms with Crippen molar-refractivity contribution in [2.24, 2.45) is 0 Å². The van der Waals surface area contributed by atoms with Crippen LogP contribution in [0, 0.1) is 0 Å². The van der Waals surface area contributed by atoms with Gasteiger partial charge in [-0.1, -0.05) is 18.2 Å². The first kappa shape index (κ1) is 21.6. The molecule has 3 rings (SSSR count). The highest BCUT2D eigenvalue weighted by atomic mass is 19.3. The van der Waals surface area contributed by atoms with Crippen LogP contribution in [0.2, 0.25) is 0 Å². The Bertz CT molecular complexity index is 883. The lowest BCUT2D eigenvalue weighted by molar-refractivity contribution is -0.126. The van der Waals surface area contributed by atoms with Gasteiger partial charge in [0.2, 0.25) is 5.91 Å². The zero-order chi connectivity index (χ0) is 21.5. The van der Waals surface area contributed by atoms with E-state index >= 15 is 0 Å². The van der Waals surface area contributed by atoms with Crippen LogP contribution in [0.3, 0.4) is 0 Å². The molecule has 1 unspecified atom stereocenters. The molecule has 2 aromatic rings. The number of nitrogens with zero attached hydrogens (tertiary/aromatic N) is 1. The summed E-state index contributed by atoms with van der Waals surface area (Å²) >= 11 is 0. The van der Waals surface area contributed by atoms with Crippen molar-refractivity contribution in [3.05, 3.63) is 59.7 Å². The highest BCUT2D eigenvalue weighted by Gasteiger charge is 2.28. The van der Waals surface area contributed by atoms with Gasteiger partial charge in [0.1, 0.15) is 5.75 Å². The van der Waals surface area contributed by atoms with Gasteiger partial charge in [0, 0.05) is 12.6 Å². The molecular weight excluding hydrogens is 392 g/mol. The first-order valence-electron chi connectivity index (χ1n) is 9.86. The number of halogens is 2. The lowest BCUT2D eigenvalue weighted by Crippen LogP contribution is -2.28. The number of methoxy groups -OCH3 is 1. The van der Waals surface area contributed by atoms with E-state index in [1.54, 1.807) is 32.2 Å². The summed E-state index contributed by atoms with van der Waals surface area (Å²) in [7, 11) is 1.62. The number of rotatable bonds is 8. The van der Waals surface area contributed by atoms with E-state index in [2.05, 4.69) is 4.74 Å². The van der Waals surface area contributed by atoms with E-state index in [9.17, 15) is 13.6 Å². The van der Waals surface area contributed by atoms with Gasteiger partial charge in [-0.05, 0) is 61.2 Å². The van der Waals surface area contributed by atoms with Gasteiger partial charge in [-0.15, -0.1) is 0 Å². The summed E-state index contributed by atoms with van der Waals surface area (Å²) in [5.74, 6) is 0.859. The van der Waals surface area contributed by atoms with E-state index in [4.69, 9.17) is 9.47 Å². The number of hydrogen-bond donors (Lipinski definition) is 0. The molecule has 1 amide bonds. The Morgan fingerprint density at radius 3 is 2.63 bits per heavy atom. The molecule has 1 saturated heterocycles. The van der Waals surface area contributed by atoms with Gasteiger partial charge in [-0.25, -0.2) is 0 Å². The van der Waals surface area contributed by atoms with Crippen LogP contribution in [0.15, 0.2) is 48.5 Å². The largest absolute Gasteiger partial charge is 0.497 e. The standard InChI is InChI=1S/C23H25F2NO4/c1-3-29-21-15-16(6-12-20(21)30-23(24)25)7-13-22(27)26-14-4-5-19(26)17-8-10-18(28-2)11-9-17/h6-13,15,19,23H,3-5,14H2,1-2H3. The van der Waals surface area contributed by atoms with E-state index in [0.29, 0.717) is 18.7 Å². The maximum atomic E-state index is 12.8. The third-order valence-corrected chi connectivity index (χ3v) is 4.94. The van der Waals surface area contributed by atoms with Crippen molar-refractivity contribution in [1.82, 2.24) is 4.90 Å². The third-order valence-electron chi connectivity index (χ3n) is 4.94. The molecule has 0 aliphatic carbocycles. The van der Waals surface area contributed by atoms with Gasteiger partial charge in [0.25, 0.3) is 0 Å². The molecule has 1 fully saturated rings. The number of ether oxygens (including phenoxy) is 3. The molecule has 0 N–H and O–H groups in total. The monoisotopic (exact) mass is 417 g/mol. The number of benzene rings is 2. The summed E-state index contributed by atoms with van der Waals surface area (Å²) < 4.78 is 40.1. The Morgan fingerprint density at radius 2 is 1.97 bits per heavy atom. The van der Waals surface area contributed by atoms with Crippen LogP contribution in [0.4, 0.5) is 8.78 Å². The van der Waals surface area contributed by atoms with E-state index in [-0.39, 0.29) is 23.4 Å². The Labute approximate surface area is 174 Å².